The number of halogens is 8. The highest BCUT2D eigenvalue weighted by atomic mass is 19.4. The lowest BCUT2D eigenvalue weighted by Gasteiger charge is -2.39. The van der Waals surface area contributed by atoms with E-state index in [-0.39, 0.29) is 42.6 Å². The highest BCUT2D eigenvalue weighted by Crippen LogP contribution is 2.48. The van der Waals surface area contributed by atoms with Crippen LogP contribution < -0.4 is 4.74 Å². The predicted molar refractivity (Wildman–Crippen MR) is 162 cm³/mol. The second-order valence-corrected chi connectivity index (χ2v) is 14.1. The van der Waals surface area contributed by atoms with E-state index in [0.717, 1.165) is 55.6 Å². The molecule has 0 unspecified atom stereocenters. The van der Waals surface area contributed by atoms with Gasteiger partial charge in [-0.1, -0.05) is 44.7 Å². The predicted octanol–water partition coefficient (Wildman–Crippen LogP) is 12.7. The van der Waals surface area contributed by atoms with Gasteiger partial charge in [-0.2, -0.15) is 22.0 Å². The van der Waals surface area contributed by atoms with Gasteiger partial charge in [-0.25, -0.2) is 13.2 Å². The molecule has 5 rings (SSSR count). The Labute approximate surface area is 267 Å². The van der Waals surface area contributed by atoms with Gasteiger partial charge in [0.15, 0.2) is 0 Å². The van der Waals surface area contributed by atoms with Crippen LogP contribution >= 0.6 is 0 Å². The van der Waals surface area contributed by atoms with Gasteiger partial charge < -0.3 is 4.74 Å². The smallest absolute Gasteiger partial charge is 0.422 e. The largest absolute Gasteiger partial charge is 0.432 e. The Morgan fingerprint density at radius 3 is 1.76 bits per heavy atom. The maximum atomic E-state index is 15.4. The molecule has 9 heteroatoms. The molecule has 3 aliphatic rings. The summed E-state index contributed by atoms with van der Waals surface area (Å²) in [5.41, 5.74) is -0.233. The number of benzene rings is 2. The SMILES string of the molecule is CCCCCC1CCC(c2ccc(C3CCC(C4CCC(C(F)(F)Oc5cc(F)c(C(F)(F)F)c(F)c5)CC4)CC3)c(F)c2)CC1. The molecule has 46 heavy (non-hydrogen) atoms. The Hall–Kier alpha value is -2.32. The van der Waals surface area contributed by atoms with Crippen LogP contribution in [0.5, 0.6) is 5.75 Å². The van der Waals surface area contributed by atoms with Gasteiger partial charge in [0, 0.05) is 12.1 Å². The topological polar surface area (TPSA) is 9.23 Å². The van der Waals surface area contributed by atoms with Crippen LogP contribution in [0.3, 0.4) is 0 Å². The summed E-state index contributed by atoms with van der Waals surface area (Å²) >= 11 is 0. The van der Waals surface area contributed by atoms with Crippen LogP contribution in [0.1, 0.15) is 138 Å². The van der Waals surface area contributed by atoms with Crippen molar-refractivity contribution in [3.8, 4) is 5.75 Å². The van der Waals surface area contributed by atoms with Crippen molar-refractivity contribution in [3.63, 3.8) is 0 Å². The summed E-state index contributed by atoms with van der Waals surface area (Å²) in [5.74, 6) is -4.28. The number of rotatable bonds is 10. The van der Waals surface area contributed by atoms with E-state index in [0.29, 0.717) is 24.7 Å². The summed E-state index contributed by atoms with van der Waals surface area (Å²) in [6.07, 6.45) is 5.70. The number of ether oxygens (including phenoxy) is 1. The zero-order valence-electron chi connectivity index (χ0n) is 26.6. The van der Waals surface area contributed by atoms with Crippen molar-refractivity contribution < 1.29 is 39.9 Å². The fraction of sp³-hybridized carbons (Fsp3) is 0.676. The summed E-state index contributed by atoms with van der Waals surface area (Å²) in [4.78, 5) is 0. The summed E-state index contributed by atoms with van der Waals surface area (Å²) in [6.45, 7) is 2.23. The number of hydrogen-bond donors (Lipinski definition) is 0. The van der Waals surface area contributed by atoms with E-state index in [4.69, 9.17) is 0 Å². The number of hydrogen-bond acceptors (Lipinski definition) is 1. The van der Waals surface area contributed by atoms with Gasteiger partial charge in [-0.05, 0) is 124 Å². The van der Waals surface area contributed by atoms with Crippen molar-refractivity contribution in [3.05, 3.63) is 64.5 Å². The molecule has 2 aromatic carbocycles. The highest BCUT2D eigenvalue weighted by molar-refractivity contribution is 5.33. The van der Waals surface area contributed by atoms with Crippen LogP contribution in [-0.2, 0) is 6.18 Å². The highest BCUT2D eigenvalue weighted by Gasteiger charge is 2.46. The molecular weight excluding hydrogens is 612 g/mol. The summed E-state index contributed by atoms with van der Waals surface area (Å²) in [5, 5.41) is 0. The van der Waals surface area contributed by atoms with Gasteiger partial charge >= 0.3 is 12.3 Å². The summed E-state index contributed by atoms with van der Waals surface area (Å²) in [7, 11) is 0. The van der Waals surface area contributed by atoms with E-state index in [1.165, 1.54) is 38.5 Å². The molecule has 0 saturated heterocycles. The van der Waals surface area contributed by atoms with Gasteiger partial charge in [0.1, 0.15) is 28.8 Å². The first kappa shape index (κ1) is 35.0. The van der Waals surface area contributed by atoms with Gasteiger partial charge in [-0.3, -0.25) is 0 Å². The Morgan fingerprint density at radius 1 is 0.652 bits per heavy atom. The molecule has 1 nitrogen and oxygen atoms in total. The number of unbranched alkanes of at least 4 members (excludes halogenated alkanes) is 2. The van der Waals surface area contributed by atoms with Crippen LogP contribution in [0.2, 0.25) is 0 Å². The van der Waals surface area contributed by atoms with Crippen LogP contribution in [-0.4, -0.2) is 6.11 Å². The van der Waals surface area contributed by atoms with Gasteiger partial charge in [0.25, 0.3) is 0 Å². The molecular formula is C37H46F8O. The minimum absolute atomic E-state index is 0.110. The maximum absolute atomic E-state index is 15.4. The molecule has 0 N–H and O–H groups in total. The van der Waals surface area contributed by atoms with Gasteiger partial charge in [0.05, 0.1) is 5.92 Å². The summed E-state index contributed by atoms with van der Waals surface area (Å²) in [6, 6.07) is 6.19. The monoisotopic (exact) mass is 658 g/mol. The Kier molecular flexibility index (Phi) is 11.3. The minimum Gasteiger partial charge on any atom is -0.432 e. The normalized spacial score (nSPS) is 27.8. The van der Waals surface area contributed by atoms with Crippen molar-refractivity contribution in [1.29, 1.82) is 0 Å². The van der Waals surface area contributed by atoms with Crippen molar-refractivity contribution in [2.75, 3.05) is 0 Å². The lowest BCUT2D eigenvalue weighted by Crippen LogP contribution is -2.38. The van der Waals surface area contributed by atoms with Crippen molar-refractivity contribution >= 4 is 0 Å². The molecule has 0 amide bonds. The van der Waals surface area contributed by atoms with Crippen molar-refractivity contribution in [2.45, 2.75) is 134 Å². The van der Waals surface area contributed by atoms with E-state index in [9.17, 15) is 30.7 Å². The van der Waals surface area contributed by atoms with Crippen molar-refractivity contribution in [2.24, 2.45) is 23.7 Å². The molecule has 0 heterocycles. The molecule has 0 bridgehead atoms. The van der Waals surface area contributed by atoms with Crippen LogP contribution in [0.4, 0.5) is 35.1 Å². The molecule has 3 aliphatic carbocycles. The first-order chi connectivity index (χ1) is 21.9. The average Bonchev–Trinajstić information content (AvgIpc) is 3.00. The molecule has 0 atom stereocenters. The average molecular weight is 659 g/mol. The van der Waals surface area contributed by atoms with E-state index in [1.807, 2.05) is 6.07 Å². The fourth-order valence-corrected chi connectivity index (χ4v) is 8.54. The van der Waals surface area contributed by atoms with Gasteiger partial charge in [-0.15, -0.1) is 0 Å². The Bertz CT molecular complexity index is 1260. The minimum atomic E-state index is -5.29. The third kappa shape index (κ3) is 8.39. The zero-order chi connectivity index (χ0) is 33.1. The lowest BCUT2D eigenvalue weighted by atomic mass is 9.68. The van der Waals surface area contributed by atoms with E-state index < -0.39 is 41.2 Å². The molecule has 2 aromatic rings. The molecule has 0 aromatic heterocycles. The molecule has 3 fully saturated rings. The first-order valence-corrected chi connectivity index (χ1v) is 17.3. The van der Waals surface area contributed by atoms with Gasteiger partial charge in [0.2, 0.25) is 0 Å². The standard InChI is InChI=1S/C37H46F8O/c1-2-3-4-5-23-6-8-26(9-7-23)28-16-19-31(32(38)20-28)27-12-10-24(11-13-27)25-14-17-29(18-15-25)37(44,45)46-30-21-33(39)35(34(40)22-30)36(41,42)43/h16,19-27,29H,2-15,17-18H2,1H3. The van der Waals surface area contributed by atoms with Crippen LogP contribution in [0, 0.1) is 41.1 Å². The quantitative estimate of drug-likeness (QED) is 0.182. The second-order valence-electron chi connectivity index (χ2n) is 14.1. The lowest BCUT2D eigenvalue weighted by molar-refractivity contribution is -0.224. The van der Waals surface area contributed by atoms with E-state index in [1.54, 1.807) is 6.07 Å². The molecule has 0 aliphatic heterocycles. The first-order valence-electron chi connectivity index (χ1n) is 17.3. The van der Waals surface area contributed by atoms with Crippen LogP contribution in [0.25, 0.3) is 0 Å². The maximum Gasteiger partial charge on any atom is 0.422 e. The third-order valence-electron chi connectivity index (χ3n) is 11.2. The number of alkyl halides is 5. The van der Waals surface area contributed by atoms with Crippen molar-refractivity contribution in [1.82, 2.24) is 0 Å². The molecule has 0 radical (unpaired) electrons. The van der Waals surface area contributed by atoms with E-state index >= 15 is 4.39 Å². The van der Waals surface area contributed by atoms with E-state index in [2.05, 4.69) is 17.7 Å². The third-order valence-corrected chi connectivity index (χ3v) is 11.2. The Morgan fingerprint density at radius 2 is 1.22 bits per heavy atom. The fourth-order valence-electron chi connectivity index (χ4n) is 8.54. The summed E-state index contributed by atoms with van der Waals surface area (Å²) < 4.78 is 116. The molecule has 256 valence electrons. The zero-order valence-corrected chi connectivity index (χ0v) is 26.6. The van der Waals surface area contributed by atoms with Crippen LogP contribution in [0.15, 0.2) is 30.3 Å². The molecule has 3 saturated carbocycles. The second kappa shape index (κ2) is 14.8. The Balaban J connectivity index is 1.08. The molecule has 0 spiro atoms.